The molecule has 6 nitrogen and oxygen atoms in total. The van der Waals surface area contributed by atoms with Crippen molar-refractivity contribution in [3.05, 3.63) is 66.1 Å². The fourth-order valence-electron chi connectivity index (χ4n) is 3.58. The number of aliphatic hydroxyl groups is 1. The van der Waals surface area contributed by atoms with Gasteiger partial charge >= 0.3 is 0 Å². The molecule has 1 aliphatic rings. The molecule has 2 aromatic carbocycles. The third kappa shape index (κ3) is 4.67. The number of aliphatic hydroxyl groups excluding tert-OH is 1. The van der Waals surface area contributed by atoms with E-state index in [1.54, 1.807) is 0 Å². The summed E-state index contributed by atoms with van der Waals surface area (Å²) >= 11 is 0. The van der Waals surface area contributed by atoms with Gasteiger partial charge in [-0.3, -0.25) is 9.80 Å². The topological polar surface area (TPSA) is 62.0 Å². The first-order valence-electron chi connectivity index (χ1n) is 9.95. The Morgan fingerprint density at radius 2 is 1.90 bits per heavy atom. The Balaban J connectivity index is 1.48. The first-order valence-corrected chi connectivity index (χ1v) is 9.95. The van der Waals surface area contributed by atoms with E-state index in [4.69, 9.17) is 14.1 Å². The number of aromatic nitrogens is 1. The molecule has 152 valence electrons. The zero-order chi connectivity index (χ0) is 20.2. The molecule has 0 unspecified atom stereocenters. The van der Waals surface area contributed by atoms with Gasteiger partial charge < -0.3 is 14.3 Å². The van der Waals surface area contributed by atoms with E-state index >= 15 is 0 Å². The van der Waals surface area contributed by atoms with Crippen LogP contribution in [-0.2, 0) is 6.54 Å². The van der Waals surface area contributed by atoms with Gasteiger partial charge in [-0.15, -0.1) is 0 Å². The minimum atomic E-state index is 0.169. The molecule has 0 spiro atoms. The quantitative estimate of drug-likeness (QED) is 0.691. The third-order valence-corrected chi connectivity index (χ3v) is 5.40. The number of benzene rings is 2. The van der Waals surface area contributed by atoms with E-state index in [9.17, 15) is 5.11 Å². The third-order valence-electron chi connectivity index (χ3n) is 5.40. The highest BCUT2D eigenvalue weighted by molar-refractivity contribution is 5.57. The molecule has 6 heteroatoms. The van der Waals surface area contributed by atoms with Crippen molar-refractivity contribution in [2.24, 2.45) is 0 Å². The summed E-state index contributed by atoms with van der Waals surface area (Å²) in [7, 11) is 2.06. The van der Waals surface area contributed by atoms with Crippen molar-refractivity contribution in [3.63, 3.8) is 0 Å². The Bertz CT molecular complexity index is 942. The van der Waals surface area contributed by atoms with Crippen LogP contribution in [0.4, 0.5) is 0 Å². The van der Waals surface area contributed by atoms with Crippen LogP contribution in [0.15, 0.2) is 59.0 Å². The number of hydrogen-bond acceptors (Lipinski definition) is 6. The van der Waals surface area contributed by atoms with Crippen molar-refractivity contribution in [1.82, 2.24) is 14.8 Å². The van der Waals surface area contributed by atoms with Crippen molar-refractivity contribution >= 4 is 0 Å². The lowest BCUT2D eigenvalue weighted by molar-refractivity contribution is 0.0533. The van der Waals surface area contributed by atoms with E-state index in [1.807, 2.05) is 61.5 Å². The first-order chi connectivity index (χ1) is 14.1. The van der Waals surface area contributed by atoms with Crippen molar-refractivity contribution in [3.8, 4) is 23.0 Å². The normalized spacial score (nSPS) is 18.1. The fourth-order valence-corrected chi connectivity index (χ4v) is 3.58. The van der Waals surface area contributed by atoms with Crippen molar-refractivity contribution in [1.29, 1.82) is 0 Å². The Labute approximate surface area is 171 Å². The minimum absolute atomic E-state index is 0.169. The summed E-state index contributed by atoms with van der Waals surface area (Å²) in [6, 6.07) is 17.7. The van der Waals surface area contributed by atoms with E-state index in [0.29, 0.717) is 5.89 Å². The second-order valence-electron chi connectivity index (χ2n) is 7.52. The maximum atomic E-state index is 9.57. The molecule has 1 fully saturated rings. The van der Waals surface area contributed by atoms with Crippen LogP contribution in [0, 0.1) is 6.92 Å². The average molecular weight is 393 g/mol. The lowest BCUT2D eigenvalue weighted by Crippen LogP contribution is -2.52. The zero-order valence-electron chi connectivity index (χ0n) is 16.9. The summed E-state index contributed by atoms with van der Waals surface area (Å²) < 4.78 is 11.9. The summed E-state index contributed by atoms with van der Waals surface area (Å²) in [5.74, 6) is 2.97. The number of likely N-dealkylation sites (N-methyl/N-ethyl adjacent to an activating group) is 1. The predicted octanol–water partition coefficient (Wildman–Crippen LogP) is 3.55. The molecule has 4 rings (SSSR count). The van der Waals surface area contributed by atoms with E-state index in [1.165, 1.54) is 0 Å². The number of hydrogen-bond donors (Lipinski definition) is 1. The fraction of sp³-hybridized carbons (Fsp3) is 0.348. The maximum absolute atomic E-state index is 9.57. The molecule has 1 aliphatic heterocycles. The molecule has 29 heavy (non-hydrogen) atoms. The molecule has 1 saturated heterocycles. The number of piperazine rings is 1. The van der Waals surface area contributed by atoms with Crippen molar-refractivity contribution < 1.29 is 14.3 Å². The van der Waals surface area contributed by atoms with Crippen LogP contribution in [0.5, 0.6) is 11.5 Å². The van der Waals surface area contributed by atoms with E-state index in [0.717, 1.165) is 54.7 Å². The standard InChI is InChI=1S/C23H27N3O3/c1-17-22(15-26-12-11-25(2)19(14-26)16-27)24-23(28-17)18-7-6-10-21(13-18)29-20-8-4-3-5-9-20/h3-10,13,19,27H,11-12,14-16H2,1-2H3/t19-/m1/s1. The number of rotatable bonds is 6. The van der Waals surface area contributed by atoms with Gasteiger partial charge in [0.2, 0.25) is 5.89 Å². The van der Waals surface area contributed by atoms with E-state index < -0.39 is 0 Å². The van der Waals surface area contributed by atoms with Gasteiger partial charge in [0.1, 0.15) is 17.3 Å². The molecule has 0 saturated carbocycles. The van der Waals surface area contributed by atoms with Crippen molar-refractivity contribution in [2.75, 3.05) is 33.3 Å². The summed E-state index contributed by atoms with van der Waals surface area (Å²) in [6.45, 7) is 5.57. The Hall–Kier alpha value is -2.67. The van der Waals surface area contributed by atoms with Crippen LogP contribution < -0.4 is 4.74 Å². The zero-order valence-corrected chi connectivity index (χ0v) is 16.9. The maximum Gasteiger partial charge on any atom is 0.226 e. The summed E-state index contributed by atoms with van der Waals surface area (Å²) in [4.78, 5) is 9.28. The molecule has 0 bridgehead atoms. The van der Waals surface area contributed by atoms with Gasteiger partial charge in [-0.25, -0.2) is 4.98 Å². The minimum Gasteiger partial charge on any atom is -0.457 e. The molecule has 1 N–H and O–H groups in total. The number of para-hydroxylation sites is 1. The Kier molecular flexibility index (Phi) is 5.94. The lowest BCUT2D eigenvalue weighted by Gasteiger charge is -2.38. The Morgan fingerprint density at radius 3 is 2.69 bits per heavy atom. The summed E-state index contributed by atoms with van der Waals surface area (Å²) in [6.07, 6.45) is 0. The molecule has 3 aromatic rings. The second kappa shape index (κ2) is 8.78. The molecule has 1 atom stereocenters. The van der Waals surface area contributed by atoms with Crippen LogP contribution in [0.1, 0.15) is 11.5 Å². The van der Waals surface area contributed by atoms with Crippen LogP contribution in [-0.4, -0.2) is 59.2 Å². The van der Waals surface area contributed by atoms with Crippen molar-refractivity contribution in [2.45, 2.75) is 19.5 Å². The van der Waals surface area contributed by atoms with Gasteiger partial charge in [-0.1, -0.05) is 24.3 Å². The van der Waals surface area contributed by atoms with Crippen LogP contribution in [0.3, 0.4) is 0 Å². The van der Waals surface area contributed by atoms with Gasteiger partial charge in [0.05, 0.1) is 12.3 Å². The second-order valence-corrected chi connectivity index (χ2v) is 7.52. The van der Waals surface area contributed by atoms with Gasteiger partial charge in [0.15, 0.2) is 0 Å². The number of oxazole rings is 1. The molecular formula is C23H27N3O3. The largest absolute Gasteiger partial charge is 0.457 e. The molecule has 0 amide bonds. The van der Waals surface area contributed by atoms with Gasteiger partial charge in [-0.05, 0) is 44.3 Å². The lowest BCUT2D eigenvalue weighted by atomic mass is 10.2. The average Bonchev–Trinajstić information content (AvgIpc) is 3.11. The number of ether oxygens (including phenoxy) is 1. The van der Waals surface area contributed by atoms with Crippen LogP contribution in [0.25, 0.3) is 11.5 Å². The molecule has 0 aliphatic carbocycles. The van der Waals surface area contributed by atoms with E-state index in [2.05, 4.69) is 16.8 Å². The highest BCUT2D eigenvalue weighted by atomic mass is 16.5. The number of aryl methyl sites for hydroxylation is 1. The van der Waals surface area contributed by atoms with Gasteiger partial charge in [-0.2, -0.15) is 0 Å². The van der Waals surface area contributed by atoms with Gasteiger partial charge in [0.25, 0.3) is 0 Å². The molecule has 0 radical (unpaired) electrons. The highest BCUT2D eigenvalue weighted by Gasteiger charge is 2.25. The SMILES string of the molecule is Cc1oc(-c2cccc(Oc3ccccc3)c2)nc1CN1CCN(C)[C@@H](CO)C1. The summed E-state index contributed by atoms with van der Waals surface area (Å²) in [5, 5.41) is 9.57. The van der Waals surface area contributed by atoms with Gasteiger partial charge in [0, 0.05) is 37.8 Å². The molecular weight excluding hydrogens is 366 g/mol. The first kappa shape index (κ1) is 19.6. The predicted molar refractivity (Wildman–Crippen MR) is 112 cm³/mol. The monoisotopic (exact) mass is 393 g/mol. The van der Waals surface area contributed by atoms with Crippen LogP contribution in [0.2, 0.25) is 0 Å². The smallest absolute Gasteiger partial charge is 0.226 e. The number of nitrogens with zero attached hydrogens (tertiary/aromatic N) is 3. The highest BCUT2D eigenvalue weighted by Crippen LogP contribution is 2.28. The van der Waals surface area contributed by atoms with Crippen LogP contribution >= 0.6 is 0 Å². The summed E-state index contributed by atoms with van der Waals surface area (Å²) in [5.41, 5.74) is 1.83. The molecule has 1 aromatic heterocycles. The Morgan fingerprint density at radius 1 is 1.10 bits per heavy atom. The van der Waals surface area contributed by atoms with E-state index in [-0.39, 0.29) is 12.6 Å². The molecule has 2 heterocycles.